The van der Waals surface area contributed by atoms with Crippen LogP contribution in [0.15, 0.2) is 152 Å². The highest BCUT2D eigenvalue weighted by molar-refractivity contribution is 6.11. The van der Waals surface area contributed by atoms with Gasteiger partial charge in [0.15, 0.2) is 0 Å². The SMILES string of the molecule is c1ccc(-n2c3ccccc3c3cc(-c4ccc(-c5ccc6c(c5)c5ccccc5n6-c5ncncn5)cc4)ccc32)cc1. The Hall–Kier alpha value is -6.07. The molecule has 3 aromatic heterocycles. The zero-order valence-electron chi connectivity index (χ0n) is 23.7. The monoisotopic (exact) mass is 563 g/mol. The van der Waals surface area contributed by atoms with Crippen molar-refractivity contribution in [3.8, 4) is 33.9 Å². The summed E-state index contributed by atoms with van der Waals surface area (Å²) < 4.78 is 4.45. The first kappa shape index (κ1) is 24.5. The molecule has 9 aromatic rings. The zero-order valence-corrected chi connectivity index (χ0v) is 23.7. The van der Waals surface area contributed by atoms with Gasteiger partial charge in [0.25, 0.3) is 0 Å². The van der Waals surface area contributed by atoms with Gasteiger partial charge < -0.3 is 4.57 Å². The van der Waals surface area contributed by atoms with E-state index in [4.69, 9.17) is 0 Å². The first-order valence-electron chi connectivity index (χ1n) is 14.7. The molecular weight excluding hydrogens is 538 g/mol. The highest BCUT2D eigenvalue weighted by atomic mass is 15.2. The Morgan fingerprint density at radius 2 is 0.818 bits per heavy atom. The van der Waals surface area contributed by atoms with Crippen LogP contribution in [-0.4, -0.2) is 24.1 Å². The summed E-state index contributed by atoms with van der Waals surface area (Å²) in [4.78, 5) is 12.9. The van der Waals surface area contributed by atoms with Gasteiger partial charge in [0, 0.05) is 27.2 Å². The first-order valence-corrected chi connectivity index (χ1v) is 14.7. The van der Waals surface area contributed by atoms with Crippen molar-refractivity contribution in [2.24, 2.45) is 0 Å². The minimum atomic E-state index is 0.618. The van der Waals surface area contributed by atoms with Crippen LogP contribution in [0.5, 0.6) is 0 Å². The second-order valence-electron chi connectivity index (χ2n) is 11.0. The van der Waals surface area contributed by atoms with Gasteiger partial charge in [0.05, 0.1) is 22.1 Å². The van der Waals surface area contributed by atoms with Gasteiger partial charge >= 0.3 is 0 Å². The highest BCUT2D eigenvalue weighted by Gasteiger charge is 2.15. The molecule has 0 atom stereocenters. The number of aromatic nitrogens is 5. The van der Waals surface area contributed by atoms with Crippen molar-refractivity contribution in [2.75, 3.05) is 0 Å². The Balaban J connectivity index is 1.13. The molecule has 0 aliphatic carbocycles. The molecule has 0 bridgehead atoms. The van der Waals surface area contributed by atoms with E-state index in [1.807, 2.05) is 0 Å². The van der Waals surface area contributed by atoms with E-state index in [-0.39, 0.29) is 0 Å². The summed E-state index contributed by atoms with van der Waals surface area (Å²) in [5.41, 5.74) is 10.5. The fraction of sp³-hybridized carbons (Fsp3) is 0. The fourth-order valence-corrected chi connectivity index (χ4v) is 6.58. The zero-order chi connectivity index (χ0) is 29.0. The number of fused-ring (bicyclic) bond motifs is 6. The van der Waals surface area contributed by atoms with Crippen LogP contribution in [0.2, 0.25) is 0 Å². The third kappa shape index (κ3) is 3.76. The van der Waals surface area contributed by atoms with Crippen molar-refractivity contribution in [3.63, 3.8) is 0 Å². The summed E-state index contributed by atoms with van der Waals surface area (Å²) in [5.74, 6) is 0.618. The van der Waals surface area contributed by atoms with Gasteiger partial charge in [-0.1, -0.05) is 91.0 Å². The van der Waals surface area contributed by atoms with Crippen molar-refractivity contribution in [3.05, 3.63) is 152 Å². The molecule has 5 heteroatoms. The average molecular weight is 564 g/mol. The summed E-state index contributed by atoms with van der Waals surface area (Å²) in [6, 6.07) is 50.0. The quantitative estimate of drug-likeness (QED) is 0.214. The average Bonchev–Trinajstić information content (AvgIpc) is 3.61. The smallest absolute Gasteiger partial charge is 0.237 e. The number of hydrogen-bond donors (Lipinski definition) is 0. The third-order valence-corrected chi connectivity index (χ3v) is 8.59. The fourth-order valence-electron chi connectivity index (χ4n) is 6.58. The number of nitrogens with zero attached hydrogens (tertiary/aromatic N) is 5. The summed E-state index contributed by atoms with van der Waals surface area (Å²) in [7, 11) is 0. The maximum atomic E-state index is 4.43. The molecule has 0 saturated carbocycles. The lowest BCUT2D eigenvalue weighted by Crippen LogP contribution is -2.00. The molecule has 0 aliphatic rings. The van der Waals surface area contributed by atoms with Crippen molar-refractivity contribution in [2.45, 2.75) is 0 Å². The minimum Gasteiger partial charge on any atom is -0.309 e. The first-order chi connectivity index (χ1) is 21.8. The highest BCUT2D eigenvalue weighted by Crippen LogP contribution is 2.37. The molecule has 3 heterocycles. The van der Waals surface area contributed by atoms with Crippen molar-refractivity contribution < 1.29 is 0 Å². The standard InChI is InChI=1S/C39H25N5/c1-2-8-30(9-3-1)43-35-12-6-4-10-31(35)33-22-28(18-20-37(33)43)26-14-16-27(17-15-26)29-19-21-38-34(23-29)32-11-5-7-13-36(32)44(38)39-41-24-40-25-42-39/h1-25H. The molecule has 206 valence electrons. The molecule has 44 heavy (non-hydrogen) atoms. The van der Waals surface area contributed by atoms with E-state index in [1.165, 1.54) is 73.2 Å². The maximum absolute atomic E-state index is 4.43. The van der Waals surface area contributed by atoms with Crippen LogP contribution in [0.25, 0.3) is 77.5 Å². The van der Waals surface area contributed by atoms with Crippen molar-refractivity contribution in [1.29, 1.82) is 0 Å². The summed E-state index contributed by atoms with van der Waals surface area (Å²) >= 11 is 0. The van der Waals surface area contributed by atoms with Crippen LogP contribution < -0.4 is 0 Å². The van der Waals surface area contributed by atoms with E-state index >= 15 is 0 Å². The largest absolute Gasteiger partial charge is 0.309 e. The number of rotatable bonds is 4. The Kier molecular flexibility index (Phi) is 5.43. The maximum Gasteiger partial charge on any atom is 0.237 e. The van der Waals surface area contributed by atoms with Crippen molar-refractivity contribution in [1.82, 2.24) is 24.1 Å². The molecule has 0 radical (unpaired) electrons. The third-order valence-electron chi connectivity index (χ3n) is 8.59. The molecule has 6 aromatic carbocycles. The number of para-hydroxylation sites is 3. The van der Waals surface area contributed by atoms with Gasteiger partial charge in [-0.05, 0) is 70.8 Å². The second kappa shape index (κ2) is 9.75. The molecule has 0 N–H and O–H groups in total. The van der Waals surface area contributed by atoms with Gasteiger partial charge in [0.2, 0.25) is 5.95 Å². The minimum absolute atomic E-state index is 0.618. The van der Waals surface area contributed by atoms with Gasteiger partial charge in [0.1, 0.15) is 12.7 Å². The Labute approximate surface area is 253 Å². The lowest BCUT2D eigenvalue weighted by Gasteiger charge is -2.09. The van der Waals surface area contributed by atoms with E-state index in [0.717, 1.165) is 11.0 Å². The van der Waals surface area contributed by atoms with Crippen LogP contribution in [0.1, 0.15) is 0 Å². The van der Waals surface area contributed by atoms with Crippen LogP contribution in [0.3, 0.4) is 0 Å². The summed E-state index contributed by atoms with van der Waals surface area (Å²) in [6.07, 6.45) is 3.08. The number of hydrogen-bond acceptors (Lipinski definition) is 3. The lowest BCUT2D eigenvalue weighted by atomic mass is 9.98. The molecule has 0 aliphatic heterocycles. The number of benzene rings is 6. The molecule has 9 rings (SSSR count). The van der Waals surface area contributed by atoms with E-state index in [2.05, 4.69) is 164 Å². The van der Waals surface area contributed by atoms with Crippen LogP contribution >= 0.6 is 0 Å². The van der Waals surface area contributed by atoms with E-state index in [0.29, 0.717) is 5.95 Å². The Morgan fingerprint density at radius 3 is 1.41 bits per heavy atom. The van der Waals surface area contributed by atoms with Gasteiger partial charge in [-0.2, -0.15) is 0 Å². The van der Waals surface area contributed by atoms with E-state index in [1.54, 1.807) is 0 Å². The lowest BCUT2D eigenvalue weighted by molar-refractivity contribution is 0.939. The molecule has 0 spiro atoms. The van der Waals surface area contributed by atoms with Crippen LogP contribution in [-0.2, 0) is 0 Å². The predicted octanol–water partition coefficient (Wildman–Crippen LogP) is 9.40. The molecule has 5 nitrogen and oxygen atoms in total. The van der Waals surface area contributed by atoms with E-state index < -0.39 is 0 Å². The Bertz CT molecular complexity index is 2300. The second-order valence-corrected chi connectivity index (χ2v) is 11.0. The van der Waals surface area contributed by atoms with Crippen molar-refractivity contribution >= 4 is 43.6 Å². The van der Waals surface area contributed by atoms with Gasteiger partial charge in [-0.15, -0.1) is 0 Å². The summed E-state index contributed by atoms with van der Waals surface area (Å²) in [5, 5.41) is 4.85. The van der Waals surface area contributed by atoms with Gasteiger partial charge in [-0.3, -0.25) is 4.57 Å². The van der Waals surface area contributed by atoms with E-state index in [9.17, 15) is 0 Å². The molecule has 0 fully saturated rings. The van der Waals surface area contributed by atoms with Gasteiger partial charge in [-0.25, -0.2) is 15.0 Å². The van der Waals surface area contributed by atoms with Crippen LogP contribution in [0.4, 0.5) is 0 Å². The summed E-state index contributed by atoms with van der Waals surface area (Å²) in [6.45, 7) is 0. The Morgan fingerprint density at radius 1 is 0.364 bits per heavy atom. The topological polar surface area (TPSA) is 48.5 Å². The molecule has 0 amide bonds. The normalized spacial score (nSPS) is 11.6. The molecule has 0 saturated heterocycles. The predicted molar refractivity (Wildman–Crippen MR) is 179 cm³/mol. The molecular formula is C39H25N5. The molecule has 0 unspecified atom stereocenters. The van der Waals surface area contributed by atoms with Crippen LogP contribution in [0, 0.1) is 0 Å².